The van der Waals surface area contributed by atoms with E-state index in [2.05, 4.69) is 20.0 Å². The highest BCUT2D eigenvalue weighted by atomic mass is 16.5. The van der Waals surface area contributed by atoms with Crippen molar-refractivity contribution in [1.82, 2.24) is 24.6 Å². The highest BCUT2D eigenvalue weighted by Crippen LogP contribution is 2.33. The monoisotopic (exact) mass is 437 g/mol. The molecule has 1 fully saturated rings. The Morgan fingerprint density at radius 3 is 2.75 bits per heavy atom. The third kappa shape index (κ3) is 4.80. The van der Waals surface area contributed by atoms with Gasteiger partial charge in [-0.15, -0.1) is 0 Å². The van der Waals surface area contributed by atoms with E-state index in [1.54, 1.807) is 13.3 Å². The van der Waals surface area contributed by atoms with Crippen LogP contribution in [0.1, 0.15) is 29.6 Å². The van der Waals surface area contributed by atoms with Crippen LogP contribution in [0.4, 0.5) is 5.82 Å². The molecule has 0 unspecified atom stereocenters. The number of amides is 1. The highest BCUT2D eigenvalue weighted by Gasteiger charge is 2.15. The lowest BCUT2D eigenvalue weighted by molar-refractivity contribution is 0.100. The fourth-order valence-corrected chi connectivity index (χ4v) is 3.71. The summed E-state index contributed by atoms with van der Waals surface area (Å²) in [6.07, 6.45) is 7.94. The first-order chi connectivity index (χ1) is 15.5. The minimum atomic E-state index is -0.586. The number of benzene rings is 1. The molecule has 4 N–H and O–H groups in total. The van der Waals surface area contributed by atoms with E-state index in [1.807, 2.05) is 18.2 Å². The van der Waals surface area contributed by atoms with Gasteiger partial charge in [0.15, 0.2) is 11.6 Å². The molecule has 168 valence electrons. The number of carbonyl (C=O) groups is 1. The van der Waals surface area contributed by atoms with E-state index in [0.717, 1.165) is 24.3 Å². The van der Waals surface area contributed by atoms with Gasteiger partial charge in [0.05, 0.1) is 37.4 Å². The Morgan fingerprint density at radius 1 is 1.22 bits per heavy atom. The zero-order valence-corrected chi connectivity index (χ0v) is 18.0. The fourth-order valence-electron chi connectivity index (χ4n) is 3.71. The van der Waals surface area contributed by atoms with Gasteiger partial charge in [0.2, 0.25) is 0 Å². The van der Waals surface area contributed by atoms with Crippen LogP contribution in [0.25, 0.3) is 17.1 Å². The standard InChI is InChI=1S/C22H27N7O3/c1-31-19-11-16(32-10-4-9-28-7-2-3-8-28)5-6-17(19)18-13-25-20(23)22(27-18)29-14-15(12-26-29)21(24)30/h5-6,11-14H,2-4,7-10H2,1H3,(H2,23,25)(H2,24,30). The molecule has 1 amide bonds. The number of nitrogens with two attached hydrogens (primary N) is 2. The molecule has 10 nitrogen and oxygen atoms in total. The quantitative estimate of drug-likeness (QED) is 0.485. The van der Waals surface area contributed by atoms with Crippen LogP contribution < -0.4 is 20.9 Å². The van der Waals surface area contributed by atoms with Crippen molar-refractivity contribution in [2.75, 3.05) is 39.1 Å². The molecule has 10 heteroatoms. The molecule has 0 atom stereocenters. The number of hydrogen-bond donors (Lipinski definition) is 2. The van der Waals surface area contributed by atoms with Crippen molar-refractivity contribution in [1.29, 1.82) is 0 Å². The lowest BCUT2D eigenvalue weighted by atomic mass is 10.1. The molecular weight excluding hydrogens is 410 g/mol. The number of nitrogen functional groups attached to an aromatic ring is 1. The number of hydrogen-bond acceptors (Lipinski definition) is 8. The number of ether oxygens (including phenoxy) is 2. The van der Waals surface area contributed by atoms with Crippen LogP contribution >= 0.6 is 0 Å². The Balaban J connectivity index is 1.50. The lowest BCUT2D eigenvalue weighted by Crippen LogP contribution is -2.21. The van der Waals surface area contributed by atoms with E-state index in [-0.39, 0.29) is 11.4 Å². The smallest absolute Gasteiger partial charge is 0.251 e. The number of nitrogens with zero attached hydrogens (tertiary/aromatic N) is 5. The van der Waals surface area contributed by atoms with E-state index in [9.17, 15) is 4.79 Å². The first-order valence-electron chi connectivity index (χ1n) is 10.6. The topological polar surface area (TPSA) is 134 Å². The second-order valence-corrected chi connectivity index (χ2v) is 7.61. The molecule has 0 aliphatic carbocycles. The van der Waals surface area contributed by atoms with E-state index in [0.29, 0.717) is 23.9 Å². The van der Waals surface area contributed by atoms with Crippen LogP contribution in [0, 0.1) is 0 Å². The van der Waals surface area contributed by atoms with E-state index in [4.69, 9.17) is 20.9 Å². The van der Waals surface area contributed by atoms with Crippen LogP contribution in [0.15, 0.2) is 36.8 Å². The summed E-state index contributed by atoms with van der Waals surface area (Å²) >= 11 is 0. The molecule has 3 heterocycles. The maximum Gasteiger partial charge on any atom is 0.251 e. The minimum absolute atomic E-state index is 0.171. The van der Waals surface area contributed by atoms with Crippen LogP contribution in [-0.4, -0.2) is 63.9 Å². The van der Waals surface area contributed by atoms with Gasteiger partial charge in [-0.25, -0.2) is 14.6 Å². The number of primary amides is 1. The number of anilines is 1. The second kappa shape index (κ2) is 9.65. The van der Waals surface area contributed by atoms with Gasteiger partial charge < -0.3 is 25.8 Å². The molecular formula is C22H27N7O3. The molecule has 0 bridgehead atoms. The first-order valence-corrected chi connectivity index (χ1v) is 10.6. The summed E-state index contributed by atoms with van der Waals surface area (Å²) < 4.78 is 12.9. The third-order valence-electron chi connectivity index (χ3n) is 5.40. The Labute approximate surface area is 186 Å². The van der Waals surface area contributed by atoms with E-state index < -0.39 is 5.91 Å². The van der Waals surface area contributed by atoms with E-state index >= 15 is 0 Å². The Morgan fingerprint density at radius 2 is 2.03 bits per heavy atom. The predicted molar refractivity (Wildman–Crippen MR) is 120 cm³/mol. The molecule has 1 saturated heterocycles. The predicted octanol–water partition coefficient (Wildman–Crippen LogP) is 1.88. The highest BCUT2D eigenvalue weighted by molar-refractivity contribution is 5.92. The van der Waals surface area contributed by atoms with Crippen molar-refractivity contribution in [3.63, 3.8) is 0 Å². The second-order valence-electron chi connectivity index (χ2n) is 7.61. The molecule has 4 rings (SSSR count). The summed E-state index contributed by atoms with van der Waals surface area (Å²) in [5.41, 5.74) is 12.8. The molecule has 0 radical (unpaired) electrons. The summed E-state index contributed by atoms with van der Waals surface area (Å²) in [5.74, 6) is 1.21. The van der Waals surface area contributed by atoms with Gasteiger partial charge in [-0.1, -0.05) is 0 Å². The van der Waals surface area contributed by atoms with Crippen molar-refractivity contribution in [2.24, 2.45) is 5.73 Å². The summed E-state index contributed by atoms with van der Waals surface area (Å²) in [6, 6.07) is 5.59. The number of aromatic nitrogens is 4. The van der Waals surface area contributed by atoms with Crippen LogP contribution in [-0.2, 0) is 0 Å². The summed E-state index contributed by atoms with van der Waals surface area (Å²) in [6.45, 7) is 4.08. The average molecular weight is 438 g/mol. The van der Waals surface area contributed by atoms with Gasteiger partial charge in [0, 0.05) is 24.4 Å². The molecule has 2 aromatic heterocycles. The van der Waals surface area contributed by atoms with Crippen LogP contribution in [0.5, 0.6) is 11.5 Å². The zero-order chi connectivity index (χ0) is 22.5. The van der Waals surface area contributed by atoms with Gasteiger partial charge in [-0.2, -0.15) is 5.10 Å². The van der Waals surface area contributed by atoms with Crippen molar-refractivity contribution >= 4 is 11.7 Å². The van der Waals surface area contributed by atoms with Gasteiger partial charge >= 0.3 is 0 Å². The zero-order valence-electron chi connectivity index (χ0n) is 18.0. The SMILES string of the molecule is COc1cc(OCCCN2CCCC2)ccc1-c1cnc(N)c(-n2cc(C(N)=O)cn2)n1. The van der Waals surface area contributed by atoms with Gasteiger partial charge in [0.25, 0.3) is 5.91 Å². The van der Waals surface area contributed by atoms with Crippen molar-refractivity contribution in [2.45, 2.75) is 19.3 Å². The van der Waals surface area contributed by atoms with E-state index in [1.165, 1.54) is 43.0 Å². The Bertz CT molecular complexity index is 1090. The maximum absolute atomic E-state index is 11.4. The Hall–Kier alpha value is -3.66. The van der Waals surface area contributed by atoms with Crippen molar-refractivity contribution < 1.29 is 14.3 Å². The number of rotatable bonds is 9. The van der Waals surface area contributed by atoms with Crippen molar-refractivity contribution in [3.8, 4) is 28.6 Å². The summed E-state index contributed by atoms with van der Waals surface area (Å²) in [7, 11) is 1.59. The first kappa shape index (κ1) is 21.6. The lowest BCUT2D eigenvalue weighted by Gasteiger charge is -2.15. The molecule has 3 aromatic rings. The molecule has 1 aliphatic rings. The fraction of sp³-hybridized carbons (Fsp3) is 0.364. The summed E-state index contributed by atoms with van der Waals surface area (Å²) in [5, 5.41) is 4.11. The van der Waals surface area contributed by atoms with Crippen molar-refractivity contribution in [3.05, 3.63) is 42.4 Å². The average Bonchev–Trinajstić information content (AvgIpc) is 3.49. The largest absolute Gasteiger partial charge is 0.496 e. The minimum Gasteiger partial charge on any atom is -0.496 e. The normalized spacial score (nSPS) is 13.9. The number of methoxy groups -OCH3 is 1. The molecule has 1 aliphatic heterocycles. The maximum atomic E-state index is 11.4. The number of carbonyl (C=O) groups excluding carboxylic acids is 1. The molecule has 32 heavy (non-hydrogen) atoms. The van der Waals surface area contributed by atoms with Gasteiger partial charge in [-0.05, 0) is 44.5 Å². The Kier molecular flexibility index (Phi) is 6.50. The number of likely N-dealkylation sites (tertiary alicyclic amines) is 1. The molecule has 1 aromatic carbocycles. The molecule has 0 spiro atoms. The third-order valence-corrected chi connectivity index (χ3v) is 5.40. The molecule has 0 saturated carbocycles. The van der Waals surface area contributed by atoms with Gasteiger partial charge in [0.1, 0.15) is 11.5 Å². The summed E-state index contributed by atoms with van der Waals surface area (Å²) in [4.78, 5) is 22.6. The van der Waals surface area contributed by atoms with Gasteiger partial charge in [-0.3, -0.25) is 4.79 Å². The van der Waals surface area contributed by atoms with Crippen LogP contribution in [0.3, 0.4) is 0 Å². The van der Waals surface area contributed by atoms with Crippen LogP contribution in [0.2, 0.25) is 0 Å².